The van der Waals surface area contributed by atoms with Crippen LogP contribution in [0.15, 0.2) is 42.7 Å². The number of benzene rings is 1. The monoisotopic (exact) mass is 266 g/mol. The number of hydrogen-bond acceptors (Lipinski definition) is 3. The molecule has 0 radical (unpaired) electrons. The van der Waals surface area contributed by atoms with E-state index in [1.807, 2.05) is 24.3 Å². The Kier molecular flexibility index (Phi) is 4.35. The summed E-state index contributed by atoms with van der Waals surface area (Å²) in [4.78, 5) is 11.8. The van der Waals surface area contributed by atoms with Crippen LogP contribution in [0.3, 0.4) is 0 Å². The van der Waals surface area contributed by atoms with Gasteiger partial charge in [-0.15, -0.1) is 0 Å². The van der Waals surface area contributed by atoms with Gasteiger partial charge in [0.05, 0.1) is 24.4 Å². The molecule has 0 saturated heterocycles. The van der Waals surface area contributed by atoms with Gasteiger partial charge in [-0.05, 0) is 13.0 Å². The standard InChI is InChI=1S/C16H14N2O2/c1-3-14(16(19)20-2)15-7-5-4-6-13(15)9-8-12-10-17-18-11-12/h3-7,10-11H,1-2H3,(H,17,18)/b14-3+. The molecule has 0 spiro atoms. The number of carbonyl (C=O) groups is 1. The van der Waals surface area contributed by atoms with Crippen molar-refractivity contribution in [3.63, 3.8) is 0 Å². The van der Waals surface area contributed by atoms with Gasteiger partial charge in [0.2, 0.25) is 0 Å². The first-order valence-corrected chi connectivity index (χ1v) is 6.11. The van der Waals surface area contributed by atoms with E-state index in [4.69, 9.17) is 4.74 Å². The van der Waals surface area contributed by atoms with E-state index in [0.717, 1.165) is 16.7 Å². The molecule has 0 aliphatic rings. The van der Waals surface area contributed by atoms with Crippen LogP contribution < -0.4 is 0 Å². The fraction of sp³-hybridized carbons (Fsp3) is 0.125. The fourth-order valence-corrected chi connectivity index (χ4v) is 1.78. The Morgan fingerprint density at radius 3 is 2.80 bits per heavy atom. The smallest absolute Gasteiger partial charge is 0.338 e. The van der Waals surface area contributed by atoms with Crippen LogP contribution in [-0.4, -0.2) is 23.3 Å². The Labute approximate surface area is 117 Å². The topological polar surface area (TPSA) is 55.0 Å². The van der Waals surface area contributed by atoms with Crippen molar-refractivity contribution in [1.29, 1.82) is 0 Å². The van der Waals surface area contributed by atoms with Crippen molar-refractivity contribution < 1.29 is 9.53 Å². The molecule has 0 saturated carbocycles. The van der Waals surface area contributed by atoms with Crippen LogP contribution in [-0.2, 0) is 9.53 Å². The molecule has 0 fully saturated rings. The maximum atomic E-state index is 11.8. The quantitative estimate of drug-likeness (QED) is 0.516. The lowest BCUT2D eigenvalue weighted by Gasteiger charge is -2.07. The Bertz CT molecular complexity index is 689. The minimum absolute atomic E-state index is 0.370. The SMILES string of the molecule is C/C=C(/C(=O)OC)c1ccccc1C#Cc1cn[nH]c1. The molecule has 1 N–H and O–H groups in total. The minimum atomic E-state index is -0.370. The van der Waals surface area contributed by atoms with Crippen LogP contribution in [0.2, 0.25) is 0 Å². The molecule has 0 aliphatic heterocycles. The number of nitrogens with one attached hydrogen (secondary N) is 1. The number of allylic oxidation sites excluding steroid dienone is 1. The van der Waals surface area contributed by atoms with Gasteiger partial charge >= 0.3 is 5.97 Å². The molecule has 100 valence electrons. The van der Waals surface area contributed by atoms with Crippen LogP contribution in [0.4, 0.5) is 0 Å². The van der Waals surface area contributed by atoms with E-state index in [0.29, 0.717) is 5.57 Å². The highest BCUT2D eigenvalue weighted by Crippen LogP contribution is 2.20. The predicted octanol–water partition coefficient (Wildman–Crippen LogP) is 2.39. The molecule has 4 heteroatoms. The number of methoxy groups -OCH3 is 1. The molecular weight excluding hydrogens is 252 g/mol. The van der Waals surface area contributed by atoms with Gasteiger partial charge in [0.1, 0.15) is 0 Å². The maximum absolute atomic E-state index is 11.8. The molecule has 1 heterocycles. The predicted molar refractivity (Wildman–Crippen MR) is 76.7 cm³/mol. The average molecular weight is 266 g/mol. The Morgan fingerprint density at radius 1 is 1.35 bits per heavy atom. The first kappa shape index (κ1) is 13.6. The highest BCUT2D eigenvalue weighted by Gasteiger charge is 2.13. The van der Waals surface area contributed by atoms with Crippen molar-refractivity contribution in [2.24, 2.45) is 0 Å². The molecule has 0 bridgehead atoms. The van der Waals surface area contributed by atoms with Crippen molar-refractivity contribution >= 4 is 11.5 Å². The van der Waals surface area contributed by atoms with E-state index in [2.05, 4.69) is 22.0 Å². The second-order valence-electron chi connectivity index (χ2n) is 3.98. The molecule has 1 aromatic carbocycles. The summed E-state index contributed by atoms with van der Waals surface area (Å²) in [6, 6.07) is 7.47. The van der Waals surface area contributed by atoms with Gasteiger partial charge in [-0.2, -0.15) is 5.10 Å². The highest BCUT2D eigenvalue weighted by molar-refractivity contribution is 6.17. The average Bonchev–Trinajstić information content (AvgIpc) is 3.00. The Hall–Kier alpha value is -2.80. The van der Waals surface area contributed by atoms with Crippen LogP contribution in [0.5, 0.6) is 0 Å². The first-order valence-electron chi connectivity index (χ1n) is 6.11. The molecule has 20 heavy (non-hydrogen) atoms. The summed E-state index contributed by atoms with van der Waals surface area (Å²) < 4.78 is 4.79. The summed E-state index contributed by atoms with van der Waals surface area (Å²) in [6.45, 7) is 1.80. The summed E-state index contributed by atoms with van der Waals surface area (Å²) in [5.74, 6) is 5.67. The zero-order chi connectivity index (χ0) is 14.4. The van der Waals surface area contributed by atoms with Crippen LogP contribution in [0.1, 0.15) is 23.6 Å². The molecule has 0 unspecified atom stereocenters. The van der Waals surface area contributed by atoms with E-state index in [1.54, 1.807) is 25.4 Å². The zero-order valence-corrected chi connectivity index (χ0v) is 11.3. The number of esters is 1. The van der Waals surface area contributed by atoms with E-state index in [9.17, 15) is 4.79 Å². The summed E-state index contributed by atoms with van der Waals surface area (Å²) in [7, 11) is 1.37. The van der Waals surface area contributed by atoms with Crippen LogP contribution in [0.25, 0.3) is 5.57 Å². The van der Waals surface area contributed by atoms with Crippen molar-refractivity contribution in [2.45, 2.75) is 6.92 Å². The molecule has 2 rings (SSSR count). The molecule has 0 atom stereocenters. The highest BCUT2D eigenvalue weighted by atomic mass is 16.5. The summed E-state index contributed by atoms with van der Waals surface area (Å²) >= 11 is 0. The van der Waals surface area contributed by atoms with Gasteiger partial charge in [0.15, 0.2) is 0 Å². The van der Waals surface area contributed by atoms with Gasteiger partial charge in [-0.3, -0.25) is 5.10 Å². The van der Waals surface area contributed by atoms with Crippen molar-refractivity contribution in [3.05, 3.63) is 59.4 Å². The lowest BCUT2D eigenvalue weighted by Crippen LogP contribution is -2.05. The number of hydrogen-bond donors (Lipinski definition) is 1. The van der Waals surface area contributed by atoms with Gasteiger partial charge in [-0.25, -0.2) is 4.79 Å². The van der Waals surface area contributed by atoms with Crippen molar-refractivity contribution in [1.82, 2.24) is 10.2 Å². The summed E-state index contributed by atoms with van der Waals surface area (Å²) in [6.07, 6.45) is 5.09. The molecular formula is C16H14N2O2. The van der Waals surface area contributed by atoms with Gasteiger partial charge in [0.25, 0.3) is 0 Å². The van der Waals surface area contributed by atoms with Crippen molar-refractivity contribution in [2.75, 3.05) is 7.11 Å². The second-order valence-corrected chi connectivity index (χ2v) is 3.98. The third-order valence-corrected chi connectivity index (χ3v) is 2.75. The van der Waals surface area contributed by atoms with E-state index >= 15 is 0 Å². The number of ether oxygens (including phenoxy) is 1. The number of carbonyl (C=O) groups excluding carboxylic acids is 1. The lowest BCUT2D eigenvalue weighted by atomic mass is 9.99. The number of H-pyrrole nitrogens is 1. The summed E-state index contributed by atoms with van der Waals surface area (Å²) in [5, 5.41) is 6.54. The zero-order valence-electron chi connectivity index (χ0n) is 11.3. The third kappa shape index (κ3) is 2.96. The number of nitrogens with zero attached hydrogens (tertiary/aromatic N) is 1. The van der Waals surface area contributed by atoms with Crippen molar-refractivity contribution in [3.8, 4) is 11.8 Å². The van der Waals surface area contributed by atoms with Crippen LogP contribution in [0, 0.1) is 11.8 Å². The van der Waals surface area contributed by atoms with Gasteiger partial charge in [-0.1, -0.05) is 36.1 Å². The normalized spacial score (nSPS) is 10.6. The molecule has 2 aromatic rings. The third-order valence-electron chi connectivity index (χ3n) is 2.75. The number of rotatable bonds is 2. The fourth-order valence-electron chi connectivity index (χ4n) is 1.78. The Morgan fingerprint density at radius 2 is 2.15 bits per heavy atom. The summed E-state index contributed by atoms with van der Waals surface area (Å²) in [5.41, 5.74) is 2.83. The van der Waals surface area contributed by atoms with E-state index < -0.39 is 0 Å². The van der Waals surface area contributed by atoms with Crippen LogP contribution >= 0.6 is 0 Å². The molecule has 4 nitrogen and oxygen atoms in total. The molecule has 0 aliphatic carbocycles. The van der Waals surface area contributed by atoms with E-state index in [-0.39, 0.29) is 5.97 Å². The lowest BCUT2D eigenvalue weighted by molar-refractivity contribution is -0.133. The largest absolute Gasteiger partial charge is 0.465 e. The van der Waals surface area contributed by atoms with Gasteiger partial charge in [0, 0.05) is 17.3 Å². The minimum Gasteiger partial charge on any atom is -0.465 e. The second kappa shape index (κ2) is 6.39. The number of aromatic nitrogens is 2. The number of aromatic amines is 1. The van der Waals surface area contributed by atoms with E-state index in [1.165, 1.54) is 7.11 Å². The Balaban J connectivity index is 2.43. The first-order chi connectivity index (χ1) is 9.76. The molecule has 1 aromatic heterocycles. The maximum Gasteiger partial charge on any atom is 0.338 e. The molecule has 0 amide bonds. The van der Waals surface area contributed by atoms with Gasteiger partial charge < -0.3 is 4.74 Å².